The van der Waals surface area contributed by atoms with Crippen LogP contribution in [0.4, 0.5) is 0 Å². The van der Waals surface area contributed by atoms with Gasteiger partial charge in [-0.05, 0) is 51.8 Å². The van der Waals surface area contributed by atoms with Gasteiger partial charge in [0.15, 0.2) is 0 Å². The fourth-order valence-corrected chi connectivity index (χ4v) is 4.09. The number of nitrogens with zero attached hydrogens (tertiary/aromatic N) is 3. The fraction of sp³-hybridized carbons (Fsp3) is 0.722. The lowest BCUT2D eigenvalue weighted by atomic mass is 9.85. The smallest absolute Gasteiger partial charge is 0.0621 e. The van der Waals surface area contributed by atoms with Crippen LogP contribution in [0.15, 0.2) is 24.4 Å². The molecule has 2 fully saturated rings. The fourth-order valence-electron chi connectivity index (χ4n) is 4.09. The molecule has 1 aromatic heterocycles. The maximum Gasteiger partial charge on any atom is 0.0621 e. The van der Waals surface area contributed by atoms with Crippen LogP contribution in [0.1, 0.15) is 38.3 Å². The molecule has 3 heterocycles. The van der Waals surface area contributed by atoms with Crippen LogP contribution in [0.5, 0.6) is 0 Å². The molecule has 0 aliphatic carbocycles. The predicted octanol–water partition coefficient (Wildman–Crippen LogP) is 2.55. The number of hydrogen-bond acceptors (Lipinski definition) is 4. The van der Waals surface area contributed by atoms with E-state index in [-0.39, 0.29) is 0 Å². The number of likely N-dealkylation sites (N-methyl/N-ethyl adjacent to an activating group) is 1. The summed E-state index contributed by atoms with van der Waals surface area (Å²) in [7, 11) is 2.31. The molecule has 0 bridgehead atoms. The molecule has 4 heteroatoms. The molecule has 1 spiro atoms. The van der Waals surface area contributed by atoms with Gasteiger partial charge < -0.3 is 4.74 Å². The first kappa shape index (κ1) is 15.9. The van der Waals surface area contributed by atoms with Gasteiger partial charge in [0, 0.05) is 44.0 Å². The molecule has 1 aromatic rings. The monoisotopic (exact) mass is 303 g/mol. The second-order valence-corrected chi connectivity index (χ2v) is 6.78. The molecule has 4 nitrogen and oxygen atoms in total. The van der Waals surface area contributed by atoms with Crippen LogP contribution in [0.3, 0.4) is 0 Å². The molecular weight excluding hydrogens is 274 g/mol. The molecule has 0 aromatic carbocycles. The molecule has 22 heavy (non-hydrogen) atoms. The topological polar surface area (TPSA) is 28.6 Å². The Hall–Kier alpha value is -0.970. The van der Waals surface area contributed by atoms with E-state index in [4.69, 9.17) is 4.74 Å². The van der Waals surface area contributed by atoms with Gasteiger partial charge >= 0.3 is 0 Å². The standard InChI is InChI=1S/C18H29N3O/c1-3-22-15-17-7-8-18(20(17)2)9-12-21(13-10-18)14-16-6-4-5-11-19-16/h4-6,11,17H,3,7-10,12-15H2,1-2H3/t17-/m1/s1. The third-order valence-electron chi connectivity index (χ3n) is 5.65. The summed E-state index contributed by atoms with van der Waals surface area (Å²) >= 11 is 0. The van der Waals surface area contributed by atoms with Crippen LogP contribution < -0.4 is 0 Å². The lowest BCUT2D eigenvalue weighted by Crippen LogP contribution is -2.52. The Bertz CT molecular complexity index is 457. The molecule has 3 rings (SSSR count). The van der Waals surface area contributed by atoms with Crippen molar-refractivity contribution in [3.8, 4) is 0 Å². The van der Waals surface area contributed by atoms with E-state index in [0.717, 1.165) is 19.8 Å². The van der Waals surface area contributed by atoms with Crippen molar-refractivity contribution in [1.82, 2.24) is 14.8 Å². The summed E-state index contributed by atoms with van der Waals surface area (Å²) in [4.78, 5) is 9.63. The van der Waals surface area contributed by atoms with Crippen LogP contribution in [0.25, 0.3) is 0 Å². The zero-order valence-corrected chi connectivity index (χ0v) is 14.0. The van der Waals surface area contributed by atoms with Gasteiger partial charge in [-0.3, -0.25) is 14.8 Å². The van der Waals surface area contributed by atoms with Crippen LogP contribution in [0.2, 0.25) is 0 Å². The average molecular weight is 303 g/mol. The minimum atomic E-state index is 0.419. The first-order valence-electron chi connectivity index (χ1n) is 8.66. The van der Waals surface area contributed by atoms with Gasteiger partial charge in [-0.1, -0.05) is 6.07 Å². The number of hydrogen-bond donors (Lipinski definition) is 0. The van der Waals surface area contributed by atoms with Gasteiger partial charge in [-0.25, -0.2) is 0 Å². The number of piperidine rings is 1. The highest BCUT2D eigenvalue weighted by molar-refractivity contribution is 5.05. The van der Waals surface area contributed by atoms with Gasteiger partial charge in [0.05, 0.1) is 12.3 Å². The summed E-state index contributed by atoms with van der Waals surface area (Å²) in [6.45, 7) is 7.16. The van der Waals surface area contributed by atoms with Crippen LogP contribution >= 0.6 is 0 Å². The number of aromatic nitrogens is 1. The Morgan fingerprint density at radius 2 is 2.09 bits per heavy atom. The SMILES string of the molecule is CCOC[C@H]1CCC2(CCN(Cc3ccccn3)CC2)N1C. The Kier molecular flexibility index (Phi) is 5.11. The first-order chi connectivity index (χ1) is 10.7. The second-order valence-electron chi connectivity index (χ2n) is 6.78. The van der Waals surface area contributed by atoms with E-state index < -0.39 is 0 Å². The van der Waals surface area contributed by atoms with E-state index in [1.807, 2.05) is 12.3 Å². The summed E-state index contributed by atoms with van der Waals surface area (Å²) in [5, 5.41) is 0. The average Bonchev–Trinajstić information content (AvgIpc) is 2.85. The highest BCUT2D eigenvalue weighted by atomic mass is 16.5. The maximum absolute atomic E-state index is 5.66. The number of likely N-dealkylation sites (tertiary alicyclic amines) is 2. The summed E-state index contributed by atoms with van der Waals surface area (Å²) in [6, 6.07) is 6.81. The molecule has 0 amide bonds. The first-order valence-corrected chi connectivity index (χ1v) is 8.66. The van der Waals surface area contributed by atoms with Crippen LogP contribution in [0, 0.1) is 0 Å². The Balaban J connectivity index is 1.53. The molecule has 122 valence electrons. The van der Waals surface area contributed by atoms with Crippen molar-refractivity contribution in [3.05, 3.63) is 30.1 Å². The molecule has 1 atom stereocenters. The maximum atomic E-state index is 5.66. The third-order valence-corrected chi connectivity index (χ3v) is 5.65. The molecule has 2 aliphatic heterocycles. The van der Waals surface area contributed by atoms with Crippen molar-refractivity contribution in [2.24, 2.45) is 0 Å². The van der Waals surface area contributed by atoms with E-state index in [2.05, 4.69) is 40.9 Å². The van der Waals surface area contributed by atoms with Gasteiger partial charge in [0.2, 0.25) is 0 Å². The van der Waals surface area contributed by atoms with Crippen molar-refractivity contribution in [1.29, 1.82) is 0 Å². The van der Waals surface area contributed by atoms with E-state index in [9.17, 15) is 0 Å². The number of pyridine rings is 1. The Morgan fingerprint density at radius 1 is 1.27 bits per heavy atom. The van der Waals surface area contributed by atoms with E-state index in [1.54, 1.807) is 0 Å². The lowest BCUT2D eigenvalue weighted by Gasteiger charge is -2.45. The van der Waals surface area contributed by atoms with Crippen LogP contribution in [-0.4, -0.2) is 59.7 Å². The molecular formula is C18H29N3O. The Morgan fingerprint density at radius 3 is 2.77 bits per heavy atom. The summed E-state index contributed by atoms with van der Waals surface area (Å²) < 4.78 is 5.66. The molecule has 2 saturated heterocycles. The number of ether oxygens (including phenoxy) is 1. The highest BCUT2D eigenvalue weighted by Gasteiger charge is 2.45. The third kappa shape index (κ3) is 3.34. The van der Waals surface area contributed by atoms with Gasteiger partial charge in [-0.2, -0.15) is 0 Å². The van der Waals surface area contributed by atoms with Gasteiger partial charge in [0.1, 0.15) is 0 Å². The highest BCUT2D eigenvalue weighted by Crippen LogP contribution is 2.40. The normalized spacial score (nSPS) is 25.8. The van der Waals surface area contributed by atoms with E-state index in [1.165, 1.54) is 44.5 Å². The zero-order valence-electron chi connectivity index (χ0n) is 14.0. The molecule has 0 N–H and O–H groups in total. The lowest BCUT2D eigenvalue weighted by molar-refractivity contribution is 0.0203. The minimum absolute atomic E-state index is 0.419. The summed E-state index contributed by atoms with van der Waals surface area (Å²) in [5.74, 6) is 0. The van der Waals surface area contributed by atoms with Crippen molar-refractivity contribution in [2.75, 3.05) is 33.4 Å². The quantitative estimate of drug-likeness (QED) is 0.836. The predicted molar refractivity (Wildman–Crippen MR) is 88.8 cm³/mol. The van der Waals surface area contributed by atoms with E-state index >= 15 is 0 Å². The van der Waals surface area contributed by atoms with Crippen molar-refractivity contribution in [2.45, 2.75) is 50.7 Å². The zero-order chi connectivity index (χ0) is 15.4. The largest absolute Gasteiger partial charge is 0.380 e. The van der Waals surface area contributed by atoms with Crippen LogP contribution in [-0.2, 0) is 11.3 Å². The van der Waals surface area contributed by atoms with Gasteiger partial charge in [-0.15, -0.1) is 0 Å². The van der Waals surface area contributed by atoms with Crippen molar-refractivity contribution in [3.63, 3.8) is 0 Å². The summed E-state index contributed by atoms with van der Waals surface area (Å²) in [5.41, 5.74) is 1.61. The molecule has 0 saturated carbocycles. The van der Waals surface area contributed by atoms with Crippen molar-refractivity contribution < 1.29 is 4.74 Å². The molecule has 2 aliphatic rings. The van der Waals surface area contributed by atoms with Crippen molar-refractivity contribution >= 4 is 0 Å². The minimum Gasteiger partial charge on any atom is -0.380 e. The molecule has 0 radical (unpaired) electrons. The number of rotatable bonds is 5. The second kappa shape index (κ2) is 7.07. The molecule has 0 unspecified atom stereocenters. The Labute approximate surface area is 134 Å². The summed E-state index contributed by atoms with van der Waals surface area (Å²) in [6.07, 6.45) is 7.07. The van der Waals surface area contributed by atoms with E-state index in [0.29, 0.717) is 11.6 Å². The van der Waals surface area contributed by atoms with Gasteiger partial charge in [0.25, 0.3) is 0 Å².